The Bertz CT molecular complexity index is 2070. The molecule has 1 fully saturated rings. The monoisotopic (exact) mass is 1280 g/mol. The summed E-state index contributed by atoms with van der Waals surface area (Å²) in [6, 6.07) is 10.4. The highest BCUT2D eigenvalue weighted by Gasteiger charge is 2.50. The van der Waals surface area contributed by atoms with Gasteiger partial charge >= 0.3 is 0 Å². The maximum atomic E-state index is 14.6. The molecular weight excluding hydrogens is 1150 g/mol. The molecule has 16 heteroatoms. The first-order valence-electron chi connectivity index (χ1n) is 33.0. The zero-order valence-electron chi connectivity index (χ0n) is 61.1. The van der Waals surface area contributed by atoms with E-state index in [4.69, 9.17) is 40.8 Å². The van der Waals surface area contributed by atoms with E-state index in [1.807, 2.05) is 6.07 Å². The summed E-state index contributed by atoms with van der Waals surface area (Å²) in [7, 11) is -12.0. The van der Waals surface area contributed by atoms with Gasteiger partial charge in [0.2, 0.25) is 0 Å². The Morgan fingerprint density at radius 3 is 1.43 bits per heavy atom. The molecule has 0 N–H and O–H groups in total. The molecule has 1 heterocycles. The van der Waals surface area contributed by atoms with Gasteiger partial charge in [0.05, 0.1) is 49.8 Å². The molecule has 10 nitrogen and oxygen atoms in total. The summed E-state index contributed by atoms with van der Waals surface area (Å²) in [5.41, 5.74) is 1.20. The summed E-state index contributed by atoms with van der Waals surface area (Å²) < 4.78 is 64.6. The van der Waals surface area contributed by atoms with Gasteiger partial charge in [0.1, 0.15) is 5.78 Å². The van der Waals surface area contributed by atoms with E-state index in [1.54, 1.807) is 7.11 Å². The first-order valence-corrected chi connectivity index (χ1v) is 50.5. The number of Topliss-reactive ketones (excluding diaryl/α,β-unsaturated/α-hetero) is 1. The van der Waals surface area contributed by atoms with Crippen molar-refractivity contribution in [2.75, 3.05) is 20.3 Å². The topological polar surface area (TPSA) is 100 Å². The summed E-state index contributed by atoms with van der Waals surface area (Å²) >= 11 is 0. The SMILES string of the molecule is CO[C@@H](CCC(=O)CC[C@H](C)[C@@H](C[C@H](C[C@@H](C[C@@H]1CCC[C@H](CCOCc2ccccc2)O1)O[Si](C)(C)C(C)(C)C)O[Si](C)(C)C(C)(C)C)O[Si](C)(C)C(C)(C)C)[C@H](O[Si](C)(C)C(C)(C)C)[C@H](CO[Si](C)(C)C(C)(C)C)O[Si](C)(C)C(C)(C)C. The summed E-state index contributed by atoms with van der Waals surface area (Å²) in [5, 5.41) is -0.0381. The summed E-state index contributed by atoms with van der Waals surface area (Å²) in [5.74, 6) is 0.341. The molecule has 0 aromatic heterocycles. The maximum absolute atomic E-state index is 14.6. The van der Waals surface area contributed by atoms with Crippen LogP contribution < -0.4 is 0 Å². The third kappa shape index (κ3) is 25.1. The molecule has 494 valence electrons. The lowest BCUT2D eigenvalue weighted by Crippen LogP contribution is -2.58. The van der Waals surface area contributed by atoms with Crippen LogP contribution >= 0.6 is 0 Å². The van der Waals surface area contributed by atoms with Crippen molar-refractivity contribution in [3.05, 3.63) is 35.9 Å². The molecule has 0 saturated carbocycles. The van der Waals surface area contributed by atoms with Gasteiger partial charge in [-0.3, -0.25) is 4.79 Å². The summed E-state index contributed by atoms with van der Waals surface area (Å²) in [6.45, 7) is 73.9. The molecule has 1 saturated heterocycles. The van der Waals surface area contributed by atoms with Crippen molar-refractivity contribution in [1.82, 2.24) is 0 Å². The Morgan fingerprint density at radius 2 is 0.952 bits per heavy atom. The fourth-order valence-electron chi connectivity index (χ4n) is 9.30. The highest BCUT2D eigenvalue weighted by atomic mass is 28.4. The van der Waals surface area contributed by atoms with Crippen LogP contribution in [-0.2, 0) is 52.2 Å². The number of carbonyl (C=O) groups is 1. The van der Waals surface area contributed by atoms with Gasteiger partial charge in [-0.05, 0) is 178 Å². The number of methoxy groups -OCH3 is 1. The summed E-state index contributed by atoms with van der Waals surface area (Å²) in [6.07, 6.45) is 7.41. The van der Waals surface area contributed by atoms with E-state index >= 15 is 0 Å². The number of hydrogen-bond acceptors (Lipinski definition) is 10. The predicted molar refractivity (Wildman–Crippen MR) is 374 cm³/mol. The Balaban J connectivity index is 2.60. The van der Waals surface area contributed by atoms with Crippen molar-refractivity contribution < 1.29 is 45.6 Å². The Hall–Kier alpha value is -0.169. The zero-order valence-corrected chi connectivity index (χ0v) is 67.1. The van der Waals surface area contributed by atoms with Gasteiger partial charge in [0.15, 0.2) is 49.9 Å². The van der Waals surface area contributed by atoms with Crippen molar-refractivity contribution in [2.24, 2.45) is 5.92 Å². The molecule has 0 unspecified atom stereocenters. The molecule has 1 aromatic rings. The lowest BCUT2D eigenvalue weighted by Gasteiger charge is -2.47. The lowest BCUT2D eigenvalue weighted by molar-refractivity contribution is -0.121. The van der Waals surface area contributed by atoms with Crippen molar-refractivity contribution in [3.63, 3.8) is 0 Å². The average Bonchev–Trinajstić information content (AvgIpc) is 3.05. The smallest absolute Gasteiger partial charge is 0.192 e. The molecular formula is C68H138O10Si6. The van der Waals surface area contributed by atoms with Crippen LogP contribution in [0.2, 0.25) is 109 Å². The third-order valence-electron chi connectivity index (χ3n) is 21.6. The quantitative estimate of drug-likeness (QED) is 0.0490. The van der Waals surface area contributed by atoms with Crippen LogP contribution in [-0.4, -0.2) is 125 Å². The van der Waals surface area contributed by atoms with Crippen LogP contribution in [0.3, 0.4) is 0 Å². The molecule has 0 bridgehead atoms. The van der Waals surface area contributed by atoms with E-state index in [0.717, 1.165) is 51.4 Å². The third-order valence-corrected chi connectivity index (χ3v) is 48.7. The second kappa shape index (κ2) is 31.4. The van der Waals surface area contributed by atoms with Crippen molar-refractivity contribution >= 4 is 55.7 Å². The molecule has 84 heavy (non-hydrogen) atoms. The molecule has 0 radical (unpaired) electrons. The largest absolute Gasteiger partial charge is 0.414 e. The number of hydrogen-bond donors (Lipinski definition) is 0. The van der Waals surface area contributed by atoms with Crippen LogP contribution in [0.25, 0.3) is 0 Å². The zero-order chi connectivity index (χ0) is 65.1. The van der Waals surface area contributed by atoms with Crippen LogP contribution in [0.1, 0.15) is 208 Å². The number of ketones is 1. The van der Waals surface area contributed by atoms with Crippen LogP contribution in [0.4, 0.5) is 0 Å². The number of carbonyl (C=O) groups excluding carboxylic acids is 1. The highest BCUT2D eigenvalue weighted by Crippen LogP contribution is 2.46. The van der Waals surface area contributed by atoms with E-state index in [-0.39, 0.29) is 84.7 Å². The van der Waals surface area contributed by atoms with Gasteiger partial charge in [-0.15, -0.1) is 0 Å². The van der Waals surface area contributed by atoms with Crippen molar-refractivity contribution in [1.29, 1.82) is 0 Å². The summed E-state index contributed by atoms with van der Waals surface area (Å²) in [4.78, 5) is 14.6. The second-order valence-electron chi connectivity index (χ2n) is 35.0. The average molecular weight is 1280 g/mol. The Kier molecular flexibility index (Phi) is 29.9. The number of rotatable bonds is 34. The van der Waals surface area contributed by atoms with E-state index in [0.29, 0.717) is 39.1 Å². The predicted octanol–water partition coefficient (Wildman–Crippen LogP) is 20.5. The van der Waals surface area contributed by atoms with Crippen LogP contribution in [0.15, 0.2) is 30.3 Å². The van der Waals surface area contributed by atoms with Gasteiger partial charge in [-0.2, -0.15) is 0 Å². The van der Waals surface area contributed by atoms with E-state index in [2.05, 4.69) is 234 Å². The van der Waals surface area contributed by atoms with Crippen molar-refractivity contribution in [2.45, 2.75) is 366 Å². The molecule has 2 rings (SSSR count). The molecule has 0 spiro atoms. The normalized spacial score (nSPS) is 19.9. The maximum Gasteiger partial charge on any atom is 0.192 e. The van der Waals surface area contributed by atoms with Gasteiger partial charge in [-0.25, -0.2) is 0 Å². The number of ether oxygens (including phenoxy) is 3. The molecule has 9 atom stereocenters. The highest BCUT2D eigenvalue weighted by molar-refractivity contribution is 6.76. The van der Waals surface area contributed by atoms with Crippen LogP contribution in [0, 0.1) is 5.92 Å². The van der Waals surface area contributed by atoms with Gasteiger partial charge in [0, 0.05) is 38.8 Å². The number of benzene rings is 1. The fourth-order valence-corrected chi connectivity index (χ4v) is 17.2. The minimum atomic E-state index is -2.38. The first-order chi connectivity index (χ1) is 37.7. The minimum Gasteiger partial charge on any atom is -0.414 e. The van der Waals surface area contributed by atoms with E-state index in [9.17, 15) is 4.79 Å². The first kappa shape index (κ1) is 79.9. The molecule has 0 amide bonds. The van der Waals surface area contributed by atoms with Gasteiger partial charge < -0.3 is 40.8 Å². The standard InChI is InChI=1S/C68H138O10Si6/c1-52(41-42-54(69)43-44-59(70-20)62(78-84(31,32)68(17,18)19)61(77-83(29,30)67(14,15)16)51-72-79(21,22)63(2,3)4)60(76-82(27,28)66(11,12)13)49-58(75-81(25,26)65(8,9)10)48-57(74-80(23,24)64(5,6)7)47-56-40-36-39-55(73-56)45-46-71-50-53-37-34-33-35-38-53/h33-35,37-38,52,55-62H,36,39-51H2,1-32H3/t52-,55+,56-,57+,58-,59-,60+,61-,62-/m0/s1. The Labute approximate surface area is 526 Å². The Morgan fingerprint density at radius 1 is 0.524 bits per heavy atom. The molecule has 0 aliphatic carbocycles. The van der Waals surface area contributed by atoms with Crippen LogP contribution in [0.5, 0.6) is 0 Å². The van der Waals surface area contributed by atoms with E-state index in [1.165, 1.54) is 5.56 Å². The molecule has 1 aromatic carbocycles. The minimum absolute atomic E-state index is 0.000572. The molecule has 1 aliphatic rings. The fraction of sp³-hybridized carbons (Fsp3) is 0.897. The van der Waals surface area contributed by atoms with E-state index < -0.39 is 56.0 Å². The lowest BCUT2D eigenvalue weighted by atomic mass is 9.90. The van der Waals surface area contributed by atoms with Gasteiger partial charge in [0.25, 0.3) is 0 Å². The second-order valence-corrected chi connectivity index (χ2v) is 63.6. The molecule has 1 aliphatic heterocycles. The van der Waals surface area contributed by atoms with Gasteiger partial charge in [-0.1, -0.05) is 162 Å². The van der Waals surface area contributed by atoms with Crippen molar-refractivity contribution in [3.8, 4) is 0 Å².